The van der Waals surface area contributed by atoms with E-state index < -0.39 is 0 Å². The van der Waals surface area contributed by atoms with Crippen molar-refractivity contribution in [1.82, 2.24) is 0 Å². The third-order valence-corrected chi connectivity index (χ3v) is 2.10. The Kier molecular flexibility index (Phi) is 1.66. The summed E-state index contributed by atoms with van der Waals surface area (Å²) in [6.45, 7) is 0. The number of rotatable bonds is 0. The Morgan fingerprint density at radius 2 is 1.83 bits per heavy atom. The highest BCUT2D eigenvalue weighted by molar-refractivity contribution is 6.35. The van der Waals surface area contributed by atoms with Crippen molar-refractivity contribution in [3.05, 3.63) is 41.4 Å². The molecule has 0 saturated heterocycles. The first-order valence-corrected chi connectivity index (χ1v) is 4.00. The van der Waals surface area contributed by atoms with Crippen molar-refractivity contribution < 1.29 is 5.11 Å². The molecule has 2 aromatic rings. The summed E-state index contributed by atoms with van der Waals surface area (Å²) in [6, 6.07) is 10.6. The average Bonchev–Trinajstić information content (AvgIpc) is 2.04. The van der Waals surface area contributed by atoms with Crippen LogP contribution in [0.5, 0.6) is 5.75 Å². The number of halogens is 1. The minimum absolute atomic E-state index is 0.0429. The van der Waals surface area contributed by atoms with Crippen LogP contribution in [0.25, 0.3) is 10.8 Å². The SMILES string of the molecule is [O]c1cc(Cl)c2ccccc2c1. The van der Waals surface area contributed by atoms with Crippen LogP contribution < -0.4 is 0 Å². The summed E-state index contributed by atoms with van der Waals surface area (Å²) in [7, 11) is 0. The molecule has 12 heavy (non-hydrogen) atoms. The normalized spacial score (nSPS) is 10.4. The summed E-state index contributed by atoms with van der Waals surface area (Å²) in [6.07, 6.45) is 0. The standard InChI is InChI=1S/C10H6ClO/c11-10-6-8(12)5-7-3-1-2-4-9(7)10/h1-6H. The van der Waals surface area contributed by atoms with Crippen LogP contribution in [0.4, 0.5) is 0 Å². The Morgan fingerprint density at radius 3 is 2.67 bits per heavy atom. The highest BCUT2D eigenvalue weighted by Crippen LogP contribution is 2.28. The van der Waals surface area contributed by atoms with Gasteiger partial charge in [-0.1, -0.05) is 35.9 Å². The number of hydrogen-bond acceptors (Lipinski definition) is 0. The first kappa shape index (κ1) is 7.44. The molecule has 2 aromatic carbocycles. The maximum atomic E-state index is 11.0. The van der Waals surface area contributed by atoms with E-state index in [4.69, 9.17) is 11.6 Å². The monoisotopic (exact) mass is 177 g/mol. The fourth-order valence-electron chi connectivity index (χ4n) is 1.24. The maximum absolute atomic E-state index is 11.0. The van der Waals surface area contributed by atoms with Crippen LogP contribution in [0.3, 0.4) is 0 Å². The quantitative estimate of drug-likeness (QED) is 0.586. The first-order valence-electron chi connectivity index (χ1n) is 3.63. The van der Waals surface area contributed by atoms with Crippen LogP contribution in [0.2, 0.25) is 5.02 Å². The molecule has 2 rings (SSSR count). The second-order valence-electron chi connectivity index (χ2n) is 2.63. The number of hydrogen-bond donors (Lipinski definition) is 0. The summed E-state index contributed by atoms with van der Waals surface area (Å²) >= 11 is 5.86. The lowest BCUT2D eigenvalue weighted by Crippen LogP contribution is -1.72. The molecule has 0 saturated carbocycles. The van der Waals surface area contributed by atoms with Crippen molar-refractivity contribution in [2.45, 2.75) is 0 Å². The van der Waals surface area contributed by atoms with Gasteiger partial charge in [0.15, 0.2) is 5.75 Å². The molecule has 0 amide bonds. The smallest absolute Gasteiger partial charge is 0.180 e. The molecule has 0 aliphatic rings. The summed E-state index contributed by atoms with van der Waals surface area (Å²) in [4.78, 5) is 0. The van der Waals surface area contributed by atoms with Gasteiger partial charge in [0, 0.05) is 11.5 Å². The van der Waals surface area contributed by atoms with E-state index in [0.717, 1.165) is 10.8 Å². The largest absolute Gasteiger partial charge is 0.290 e. The Labute approximate surface area is 75.2 Å². The number of benzene rings is 2. The van der Waals surface area contributed by atoms with E-state index in [9.17, 15) is 5.11 Å². The Morgan fingerprint density at radius 1 is 1.08 bits per heavy atom. The summed E-state index contributed by atoms with van der Waals surface area (Å²) < 4.78 is 0. The molecule has 2 heteroatoms. The predicted octanol–water partition coefficient (Wildman–Crippen LogP) is 3.64. The fourth-order valence-corrected chi connectivity index (χ4v) is 1.52. The van der Waals surface area contributed by atoms with Crippen LogP contribution in [0.15, 0.2) is 36.4 Å². The van der Waals surface area contributed by atoms with Crippen molar-refractivity contribution >= 4 is 22.4 Å². The minimum atomic E-state index is -0.0429. The lowest BCUT2D eigenvalue weighted by atomic mass is 10.1. The zero-order chi connectivity index (χ0) is 8.55. The summed E-state index contributed by atoms with van der Waals surface area (Å²) in [5, 5.41) is 13.4. The van der Waals surface area contributed by atoms with Crippen molar-refractivity contribution in [2.24, 2.45) is 0 Å². The van der Waals surface area contributed by atoms with Gasteiger partial charge in [0.25, 0.3) is 0 Å². The van der Waals surface area contributed by atoms with E-state index in [1.165, 1.54) is 6.07 Å². The van der Waals surface area contributed by atoms with Crippen molar-refractivity contribution in [1.29, 1.82) is 0 Å². The molecule has 1 nitrogen and oxygen atoms in total. The molecular weight excluding hydrogens is 172 g/mol. The molecule has 0 N–H and O–H groups in total. The fraction of sp³-hybridized carbons (Fsp3) is 0. The third-order valence-electron chi connectivity index (χ3n) is 1.78. The Hall–Kier alpha value is -1.21. The molecule has 1 radical (unpaired) electrons. The molecule has 0 fully saturated rings. The van der Waals surface area contributed by atoms with Crippen molar-refractivity contribution in [2.75, 3.05) is 0 Å². The van der Waals surface area contributed by atoms with Gasteiger partial charge in [0.05, 0.1) is 5.02 Å². The average molecular weight is 178 g/mol. The molecule has 0 aliphatic heterocycles. The van der Waals surface area contributed by atoms with Gasteiger partial charge in [0.2, 0.25) is 0 Å². The van der Waals surface area contributed by atoms with Crippen LogP contribution in [-0.2, 0) is 5.11 Å². The van der Waals surface area contributed by atoms with E-state index in [0.29, 0.717) is 5.02 Å². The predicted molar refractivity (Wildman–Crippen MR) is 49.1 cm³/mol. The lowest BCUT2D eigenvalue weighted by molar-refractivity contribution is 0.355. The van der Waals surface area contributed by atoms with Crippen LogP contribution >= 0.6 is 11.6 Å². The zero-order valence-electron chi connectivity index (χ0n) is 6.25. The molecule has 0 bridgehead atoms. The zero-order valence-corrected chi connectivity index (χ0v) is 7.01. The van der Waals surface area contributed by atoms with Gasteiger partial charge in [-0.3, -0.25) is 5.11 Å². The van der Waals surface area contributed by atoms with Crippen LogP contribution in [-0.4, -0.2) is 0 Å². The molecule has 0 aromatic heterocycles. The number of fused-ring (bicyclic) bond motifs is 1. The summed E-state index contributed by atoms with van der Waals surface area (Å²) in [5.74, 6) is -0.0429. The van der Waals surface area contributed by atoms with E-state index in [2.05, 4.69) is 0 Å². The molecule has 0 unspecified atom stereocenters. The summed E-state index contributed by atoms with van der Waals surface area (Å²) in [5.41, 5.74) is 0. The molecule has 0 atom stereocenters. The maximum Gasteiger partial charge on any atom is 0.180 e. The Bertz CT molecular complexity index is 423. The molecular formula is C10H6ClO. The molecule has 59 valence electrons. The van der Waals surface area contributed by atoms with Gasteiger partial charge in [-0.05, 0) is 11.5 Å². The Balaban J connectivity index is 2.89. The van der Waals surface area contributed by atoms with Gasteiger partial charge in [-0.25, -0.2) is 0 Å². The van der Waals surface area contributed by atoms with Gasteiger partial charge in [-0.15, -0.1) is 0 Å². The van der Waals surface area contributed by atoms with Crippen LogP contribution in [0.1, 0.15) is 0 Å². The van der Waals surface area contributed by atoms with Gasteiger partial charge in [0.1, 0.15) is 0 Å². The highest BCUT2D eigenvalue weighted by Gasteiger charge is 2.00. The van der Waals surface area contributed by atoms with E-state index in [1.807, 2.05) is 24.3 Å². The second kappa shape index (κ2) is 2.68. The van der Waals surface area contributed by atoms with Gasteiger partial charge < -0.3 is 0 Å². The van der Waals surface area contributed by atoms with Gasteiger partial charge >= 0.3 is 0 Å². The van der Waals surface area contributed by atoms with Crippen LogP contribution in [0, 0.1) is 0 Å². The molecule has 0 heterocycles. The highest BCUT2D eigenvalue weighted by atomic mass is 35.5. The molecule has 0 spiro atoms. The van der Waals surface area contributed by atoms with E-state index in [-0.39, 0.29) is 5.75 Å². The molecule has 0 aliphatic carbocycles. The topological polar surface area (TPSA) is 19.9 Å². The van der Waals surface area contributed by atoms with Gasteiger partial charge in [-0.2, -0.15) is 0 Å². The second-order valence-corrected chi connectivity index (χ2v) is 3.03. The van der Waals surface area contributed by atoms with E-state index >= 15 is 0 Å². The van der Waals surface area contributed by atoms with Crippen molar-refractivity contribution in [3.8, 4) is 5.75 Å². The van der Waals surface area contributed by atoms with Crippen molar-refractivity contribution in [3.63, 3.8) is 0 Å². The first-order chi connectivity index (χ1) is 5.77. The van der Waals surface area contributed by atoms with E-state index in [1.54, 1.807) is 6.07 Å². The lowest BCUT2D eigenvalue weighted by Gasteiger charge is -1.98. The third kappa shape index (κ3) is 1.12. The minimum Gasteiger partial charge on any atom is -0.290 e.